The number of benzene rings is 1. The van der Waals surface area contributed by atoms with Gasteiger partial charge in [-0.15, -0.1) is 0 Å². The summed E-state index contributed by atoms with van der Waals surface area (Å²) in [5.41, 5.74) is 6.70. The van der Waals surface area contributed by atoms with Crippen molar-refractivity contribution in [2.24, 2.45) is 0 Å². The van der Waals surface area contributed by atoms with Gasteiger partial charge >= 0.3 is 0 Å². The molecule has 48 heavy (non-hydrogen) atoms. The van der Waals surface area contributed by atoms with Crippen molar-refractivity contribution in [3.63, 3.8) is 0 Å². The Balaban J connectivity index is 1.41. The summed E-state index contributed by atoms with van der Waals surface area (Å²) >= 11 is 0. The van der Waals surface area contributed by atoms with E-state index < -0.39 is 0 Å². The predicted molar refractivity (Wildman–Crippen MR) is 191 cm³/mol. The Labute approximate surface area is 285 Å². The molecule has 2 fully saturated rings. The number of carbonyl (C=O) groups is 1. The van der Waals surface area contributed by atoms with Crippen molar-refractivity contribution in [2.75, 3.05) is 71.6 Å². The number of hydrogen-bond acceptors (Lipinski definition) is 8. The van der Waals surface area contributed by atoms with E-state index >= 15 is 0 Å². The van der Waals surface area contributed by atoms with E-state index in [0.29, 0.717) is 23.2 Å². The molecular formula is C37H55N7O4. The highest BCUT2D eigenvalue weighted by Gasteiger charge is 2.29. The van der Waals surface area contributed by atoms with Gasteiger partial charge in [0.15, 0.2) is 0 Å². The van der Waals surface area contributed by atoms with Crippen LogP contribution in [-0.2, 0) is 22.6 Å². The monoisotopic (exact) mass is 661 g/mol. The molecule has 11 nitrogen and oxygen atoms in total. The van der Waals surface area contributed by atoms with Gasteiger partial charge in [-0.25, -0.2) is 0 Å². The second kappa shape index (κ2) is 16.7. The van der Waals surface area contributed by atoms with Gasteiger partial charge in [0.1, 0.15) is 0 Å². The van der Waals surface area contributed by atoms with Crippen LogP contribution in [-0.4, -0.2) is 109 Å². The summed E-state index contributed by atoms with van der Waals surface area (Å²) in [5.74, 6) is -0.186. The van der Waals surface area contributed by atoms with E-state index in [-0.39, 0.29) is 18.0 Å². The summed E-state index contributed by atoms with van der Waals surface area (Å²) in [7, 11) is 3.96. The maximum atomic E-state index is 13.9. The van der Waals surface area contributed by atoms with E-state index in [0.717, 1.165) is 118 Å². The van der Waals surface area contributed by atoms with Gasteiger partial charge in [-0.1, -0.05) is 0 Å². The molecule has 2 N–H and O–H groups in total. The predicted octanol–water partition coefficient (Wildman–Crippen LogP) is 4.14. The summed E-state index contributed by atoms with van der Waals surface area (Å²) in [4.78, 5) is 36.9. The first-order chi connectivity index (χ1) is 23.2. The number of ether oxygens (including phenoxy) is 2. The normalized spacial score (nSPS) is 18.7. The van der Waals surface area contributed by atoms with Gasteiger partial charge < -0.3 is 29.6 Å². The van der Waals surface area contributed by atoms with Crippen molar-refractivity contribution in [1.29, 1.82) is 0 Å². The lowest BCUT2D eigenvalue weighted by atomic mass is 9.88. The number of aromatic amines is 1. The second-order valence-corrected chi connectivity index (χ2v) is 13.5. The van der Waals surface area contributed by atoms with Gasteiger partial charge in [-0.3, -0.25) is 19.2 Å². The molecule has 3 aromatic rings. The third-order valence-corrected chi connectivity index (χ3v) is 10.3. The summed E-state index contributed by atoms with van der Waals surface area (Å²) in [6.45, 7) is 15.9. The van der Waals surface area contributed by atoms with E-state index in [4.69, 9.17) is 14.6 Å². The first-order valence-corrected chi connectivity index (χ1v) is 17.6. The van der Waals surface area contributed by atoms with Crippen LogP contribution in [0.5, 0.6) is 0 Å². The molecule has 11 heteroatoms. The summed E-state index contributed by atoms with van der Waals surface area (Å²) < 4.78 is 12.8. The van der Waals surface area contributed by atoms with Crippen LogP contribution in [0.25, 0.3) is 11.1 Å². The highest BCUT2D eigenvalue weighted by Crippen LogP contribution is 2.35. The average Bonchev–Trinajstić information content (AvgIpc) is 3.56. The van der Waals surface area contributed by atoms with E-state index in [1.54, 1.807) is 7.11 Å². The Morgan fingerprint density at radius 2 is 1.79 bits per heavy atom. The minimum absolute atomic E-state index is 0.163. The zero-order chi connectivity index (χ0) is 34.2. The molecule has 0 bridgehead atoms. The maximum absolute atomic E-state index is 13.9. The van der Waals surface area contributed by atoms with Gasteiger partial charge in [0, 0.05) is 92.7 Å². The van der Waals surface area contributed by atoms with Crippen LogP contribution in [0.4, 0.5) is 5.69 Å². The number of hydrogen-bond donors (Lipinski definition) is 2. The van der Waals surface area contributed by atoms with Crippen LogP contribution in [0.1, 0.15) is 65.3 Å². The van der Waals surface area contributed by atoms with Gasteiger partial charge in [-0.05, 0) is 95.3 Å². The largest absolute Gasteiger partial charge is 0.383 e. The lowest BCUT2D eigenvalue weighted by molar-refractivity contribution is 0.0360. The van der Waals surface area contributed by atoms with Crippen LogP contribution in [0.15, 0.2) is 35.4 Å². The smallest absolute Gasteiger partial charge is 0.253 e. The fraction of sp³-hybridized carbons (Fsp3) is 0.595. The third-order valence-electron chi connectivity index (χ3n) is 10.3. The molecule has 0 radical (unpaired) electrons. The Morgan fingerprint density at radius 3 is 2.48 bits per heavy atom. The van der Waals surface area contributed by atoms with Crippen LogP contribution in [0, 0.1) is 20.8 Å². The number of aryl methyl sites for hydroxylation is 2. The van der Waals surface area contributed by atoms with Crippen molar-refractivity contribution >= 4 is 11.6 Å². The van der Waals surface area contributed by atoms with Crippen LogP contribution in [0.2, 0.25) is 0 Å². The molecule has 1 aliphatic heterocycles. The quantitative estimate of drug-likeness (QED) is 0.266. The second-order valence-electron chi connectivity index (χ2n) is 13.5. The SMILES string of the molecule is CCN(c1cc(-c2cnn(CCN3CCOCC3)c2)cc(C(=O)NCc2c(C)cc(C)[nH]c2=O)c1C)[C@H]1CC[C@H](N(C)CCOC)CC1. The van der Waals surface area contributed by atoms with Crippen LogP contribution in [0.3, 0.4) is 0 Å². The van der Waals surface area contributed by atoms with E-state index in [1.807, 2.05) is 36.9 Å². The summed E-state index contributed by atoms with van der Waals surface area (Å²) in [6.07, 6.45) is 8.44. The molecule has 1 saturated carbocycles. The molecule has 1 aromatic carbocycles. The zero-order valence-electron chi connectivity index (χ0n) is 29.8. The highest BCUT2D eigenvalue weighted by atomic mass is 16.5. The molecule has 1 saturated heterocycles. The molecule has 0 atom stereocenters. The van der Waals surface area contributed by atoms with Crippen molar-refractivity contribution < 1.29 is 14.3 Å². The molecule has 0 unspecified atom stereocenters. The standard InChI is InChI=1S/C37H55N7O4/c1-7-44(32-10-8-31(9-11-32)41(5)14-17-47-6)35-22-29(30-23-39-43(25-30)13-12-42-15-18-48-19-16-42)21-33(28(35)4)36(45)38-24-34-26(2)20-27(3)40-37(34)46/h20-23,25,31-32H,7-19,24H2,1-6H3,(H,38,45)(H,40,46)/t31-,32-. The minimum Gasteiger partial charge on any atom is -0.383 e. The first kappa shape index (κ1) is 35.8. The van der Waals surface area contributed by atoms with Gasteiger partial charge in [-0.2, -0.15) is 5.10 Å². The van der Waals surface area contributed by atoms with Crippen LogP contribution < -0.4 is 15.8 Å². The van der Waals surface area contributed by atoms with Crippen molar-refractivity contribution in [2.45, 2.75) is 78.6 Å². The topological polar surface area (TPSA) is 108 Å². The number of anilines is 1. The number of amides is 1. The number of H-pyrrole nitrogens is 1. The Bertz CT molecular complexity index is 1570. The molecule has 0 spiro atoms. The molecule has 5 rings (SSSR count). The van der Waals surface area contributed by atoms with E-state index in [1.165, 1.54) is 0 Å². The lowest BCUT2D eigenvalue weighted by Crippen LogP contribution is -2.44. The fourth-order valence-electron chi connectivity index (χ4n) is 7.32. The number of pyridine rings is 1. The number of methoxy groups -OCH3 is 1. The third kappa shape index (κ3) is 8.74. The summed E-state index contributed by atoms with van der Waals surface area (Å²) in [5, 5.41) is 7.77. The molecule has 2 aliphatic rings. The number of nitrogens with one attached hydrogen (secondary N) is 2. The Hall–Kier alpha value is -3.51. The summed E-state index contributed by atoms with van der Waals surface area (Å²) in [6, 6.07) is 7.11. The zero-order valence-corrected chi connectivity index (χ0v) is 29.8. The molecule has 2 aromatic heterocycles. The molecule has 1 aliphatic carbocycles. The average molecular weight is 662 g/mol. The van der Waals surface area contributed by atoms with Crippen molar-refractivity contribution in [3.05, 3.63) is 68.9 Å². The van der Waals surface area contributed by atoms with Crippen molar-refractivity contribution in [3.8, 4) is 11.1 Å². The molecule has 1 amide bonds. The number of morpholine rings is 1. The lowest BCUT2D eigenvalue weighted by Gasteiger charge is -2.41. The number of nitrogens with zero attached hydrogens (tertiary/aromatic N) is 5. The fourth-order valence-corrected chi connectivity index (χ4v) is 7.32. The number of rotatable bonds is 14. The molecule has 3 heterocycles. The van der Waals surface area contributed by atoms with Crippen molar-refractivity contribution in [1.82, 2.24) is 29.9 Å². The molecular weight excluding hydrogens is 606 g/mol. The van der Waals surface area contributed by atoms with Gasteiger partial charge in [0.25, 0.3) is 11.5 Å². The first-order valence-electron chi connectivity index (χ1n) is 17.6. The number of aromatic nitrogens is 3. The van der Waals surface area contributed by atoms with Gasteiger partial charge in [0.2, 0.25) is 0 Å². The maximum Gasteiger partial charge on any atom is 0.253 e. The number of carbonyl (C=O) groups excluding carboxylic acids is 1. The van der Waals surface area contributed by atoms with E-state index in [2.05, 4.69) is 58.2 Å². The van der Waals surface area contributed by atoms with Crippen LogP contribution >= 0.6 is 0 Å². The van der Waals surface area contributed by atoms with E-state index in [9.17, 15) is 9.59 Å². The Morgan fingerprint density at radius 1 is 1.06 bits per heavy atom. The Kier molecular flexibility index (Phi) is 12.5. The number of likely N-dealkylation sites (N-methyl/N-ethyl adjacent to an activating group) is 1. The highest BCUT2D eigenvalue weighted by molar-refractivity contribution is 5.99. The minimum atomic E-state index is -0.186. The molecule has 262 valence electrons. The van der Waals surface area contributed by atoms with Gasteiger partial charge in [0.05, 0.1) is 32.6 Å².